The van der Waals surface area contributed by atoms with Crippen molar-refractivity contribution in [3.05, 3.63) is 0 Å². The summed E-state index contributed by atoms with van der Waals surface area (Å²) >= 11 is 9.10. The summed E-state index contributed by atoms with van der Waals surface area (Å²) < 4.78 is 37.5. The molecule has 0 aromatic rings. The fourth-order valence-corrected chi connectivity index (χ4v) is 0.676. The molecule has 0 spiro atoms. The van der Waals surface area contributed by atoms with Crippen molar-refractivity contribution < 1.29 is 17.7 Å². The molecule has 0 bridgehead atoms. The van der Waals surface area contributed by atoms with E-state index in [2.05, 4.69) is 16.3 Å². The van der Waals surface area contributed by atoms with Crippen LogP contribution in [0.5, 0.6) is 0 Å². The van der Waals surface area contributed by atoms with Crippen molar-refractivity contribution in [2.75, 3.05) is 6.61 Å². The Kier molecular flexibility index (Phi) is 3.89. The molecule has 0 saturated carbocycles. The smallest absolute Gasteiger partial charge is 0.168 e. The van der Waals surface area contributed by atoms with Crippen molar-refractivity contribution in [2.45, 2.75) is 6.18 Å². The standard InChI is InChI=1S/C2H2ClF3OPS/c3-8(9)7-1-2(4,5)6/h1H2/q+1. The van der Waals surface area contributed by atoms with Crippen molar-refractivity contribution in [1.29, 1.82) is 0 Å². The number of hydrogen-bond acceptors (Lipinski definition) is 2. The van der Waals surface area contributed by atoms with Crippen LogP contribution in [0.15, 0.2) is 0 Å². The summed E-state index contributed by atoms with van der Waals surface area (Å²) in [6.45, 7) is -1.36. The molecule has 0 aliphatic rings. The molecule has 0 rings (SSSR count). The number of alkyl halides is 3. The first kappa shape index (κ1) is 9.56. The summed E-state index contributed by atoms with van der Waals surface area (Å²) in [5, 5.41) is 0. The van der Waals surface area contributed by atoms with E-state index in [4.69, 9.17) is 11.2 Å². The van der Waals surface area contributed by atoms with Crippen LogP contribution in [0.2, 0.25) is 0 Å². The SMILES string of the molecule is FC(F)(F)CO[P+](=S)Cl. The van der Waals surface area contributed by atoms with Crippen molar-refractivity contribution in [3.63, 3.8) is 0 Å². The molecule has 0 amide bonds. The Morgan fingerprint density at radius 2 is 2.00 bits per heavy atom. The van der Waals surface area contributed by atoms with E-state index in [1.54, 1.807) is 0 Å². The van der Waals surface area contributed by atoms with Crippen LogP contribution >= 0.6 is 17.5 Å². The van der Waals surface area contributed by atoms with E-state index >= 15 is 0 Å². The highest BCUT2D eigenvalue weighted by Gasteiger charge is 2.31. The Morgan fingerprint density at radius 1 is 1.56 bits per heavy atom. The van der Waals surface area contributed by atoms with E-state index in [1.165, 1.54) is 0 Å². The van der Waals surface area contributed by atoms with Gasteiger partial charge in [-0.25, -0.2) is 0 Å². The topological polar surface area (TPSA) is 9.23 Å². The van der Waals surface area contributed by atoms with Gasteiger partial charge in [0.25, 0.3) is 0 Å². The molecule has 0 aromatic heterocycles. The van der Waals surface area contributed by atoms with Gasteiger partial charge in [-0.1, -0.05) is 0 Å². The van der Waals surface area contributed by atoms with E-state index < -0.39 is 19.1 Å². The predicted molar refractivity (Wildman–Crippen MR) is 32.1 cm³/mol. The lowest BCUT2D eigenvalue weighted by molar-refractivity contribution is -0.151. The minimum Gasteiger partial charge on any atom is -0.168 e. The lowest BCUT2D eigenvalue weighted by Gasteiger charge is -1.97. The Bertz CT molecular complexity index is 115. The molecule has 1 atom stereocenters. The van der Waals surface area contributed by atoms with Gasteiger partial charge in [0, 0.05) is 0 Å². The third kappa shape index (κ3) is 8.56. The Balaban J connectivity index is 3.39. The van der Waals surface area contributed by atoms with Gasteiger partial charge in [-0.3, -0.25) is 0 Å². The average molecular weight is 198 g/mol. The molecule has 0 aliphatic heterocycles. The minimum absolute atomic E-state index is 1.36. The maximum absolute atomic E-state index is 11.2. The normalized spacial score (nSPS) is 13.6. The van der Waals surface area contributed by atoms with Crippen LogP contribution in [0, 0.1) is 0 Å². The second kappa shape index (κ2) is 3.66. The number of rotatable bonds is 2. The van der Waals surface area contributed by atoms with Gasteiger partial charge in [0.2, 0.25) is 23.0 Å². The number of hydrogen-bond donors (Lipinski definition) is 0. The molecule has 7 heteroatoms. The van der Waals surface area contributed by atoms with Gasteiger partial charge in [-0.2, -0.15) is 13.2 Å². The van der Waals surface area contributed by atoms with Gasteiger partial charge in [0.1, 0.15) is 0 Å². The highest BCUT2D eigenvalue weighted by Crippen LogP contribution is 2.31. The molecule has 0 radical (unpaired) electrons. The molecule has 0 heterocycles. The first-order valence-corrected chi connectivity index (χ1v) is 4.92. The highest BCUT2D eigenvalue weighted by atomic mass is 35.7. The zero-order chi connectivity index (χ0) is 7.49. The Morgan fingerprint density at radius 3 is 2.11 bits per heavy atom. The van der Waals surface area contributed by atoms with E-state index in [9.17, 15) is 13.2 Å². The molecule has 1 nitrogen and oxygen atoms in total. The van der Waals surface area contributed by atoms with Crippen LogP contribution in [-0.2, 0) is 16.3 Å². The molecule has 54 valence electrons. The monoisotopic (exact) mass is 197 g/mol. The van der Waals surface area contributed by atoms with E-state index in [0.717, 1.165) is 0 Å². The minimum atomic E-state index is -4.33. The van der Waals surface area contributed by atoms with Gasteiger partial charge in [0.15, 0.2) is 6.61 Å². The summed E-state index contributed by atoms with van der Waals surface area (Å²) in [6.07, 6.45) is -6.15. The van der Waals surface area contributed by atoms with Crippen LogP contribution in [0.3, 0.4) is 0 Å². The first-order valence-electron chi connectivity index (χ1n) is 1.74. The molecule has 0 aromatic carbocycles. The molecule has 0 N–H and O–H groups in total. The lowest BCUT2D eigenvalue weighted by atomic mass is 10.7. The van der Waals surface area contributed by atoms with Crippen LogP contribution in [0.1, 0.15) is 0 Å². The largest absolute Gasteiger partial charge is 0.462 e. The van der Waals surface area contributed by atoms with Crippen LogP contribution in [0.4, 0.5) is 13.2 Å². The van der Waals surface area contributed by atoms with Crippen LogP contribution < -0.4 is 0 Å². The van der Waals surface area contributed by atoms with Crippen molar-refractivity contribution in [1.82, 2.24) is 0 Å². The molecular formula is C2H2ClF3OPS+. The summed E-state index contributed by atoms with van der Waals surface area (Å²) in [5.41, 5.74) is 0. The van der Waals surface area contributed by atoms with Crippen molar-refractivity contribution >= 4 is 29.3 Å². The van der Waals surface area contributed by atoms with Gasteiger partial charge < -0.3 is 0 Å². The van der Waals surface area contributed by atoms with E-state index in [-0.39, 0.29) is 0 Å². The summed E-state index contributed by atoms with van der Waals surface area (Å²) in [7, 11) is 0. The highest BCUT2D eigenvalue weighted by molar-refractivity contribution is 8.14. The maximum atomic E-state index is 11.2. The van der Waals surface area contributed by atoms with Gasteiger partial charge in [0.05, 0.1) is 0 Å². The van der Waals surface area contributed by atoms with Crippen LogP contribution in [-0.4, -0.2) is 12.8 Å². The second-order valence-electron chi connectivity index (χ2n) is 1.10. The van der Waals surface area contributed by atoms with Crippen molar-refractivity contribution in [2.24, 2.45) is 0 Å². The molecule has 1 unspecified atom stereocenters. The third-order valence-corrected chi connectivity index (χ3v) is 1.27. The molecule has 9 heavy (non-hydrogen) atoms. The Labute approximate surface area is 60.4 Å². The quantitative estimate of drug-likeness (QED) is 0.630. The fourth-order valence-electron chi connectivity index (χ4n) is 0.124. The van der Waals surface area contributed by atoms with Gasteiger partial charge in [-0.15, -0.1) is 4.52 Å². The second-order valence-corrected chi connectivity index (χ2v) is 4.30. The zero-order valence-corrected chi connectivity index (χ0v) is 6.45. The van der Waals surface area contributed by atoms with E-state index in [1.807, 2.05) is 0 Å². The van der Waals surface area contributed by atoms with E-state index in [0.29, 0.717) is 0 Å². The Hall–Kier alpha value is 0.560. The van der Waals surface area contributed by atoms with Crippen molar-refractivity contribution in [3.8, 4) is 0 Å². The predicted octanol–water partition coefficient (Wildman–Crippen LogP) is 2.58. The fraction of sp³-hybridized carbons (Fsp3) is 1.00. The summed E-state index contributed by atoms with van der Waals surface area (Å²) in [4.78, 5) is 0. The average Bonchev–Trinajstić information content (AvgIpc) is 1.59. The zero-order valence-electron chi connectivity index (χ0n) is 3.98. The third-order valence-electron chi connectivity index (χ3n) is 0.330. The van der Waals surface area contributed by atoms with Gasteiger partial charge in [-0.05, 0) is 0 Å². The van der Waals surface area contributed by atoms with Gasteiger partial charge >= 0.3 is 12.5 Å². The molecule has 0 aliphatic carbocycles. The first-order chi connectivity index (χ1) is 3.92. The molecule has 0 fully saturated rings. The molecular weight excluding hydrogens is 196 g/mol. The lowest BCUT2D eigenvalue weighted by Crippen LogP contribution is -2.13. The summed E-state index contributed by atoms with van der Waals surface area (Å²) in [5.74, 6) is 0. The number of halogens is 4. The van der Waals surface area contributed by atoms with Crippen LogP contribution in [0.25, 0.3) is 0 Å². The summed E-state index contributed by atoms with van der Waals surface area (Å²) in [6, 6.07) is 0. The molecule has 0 saturated heterocycles. The maximum Gasteiger partial charge on any atom is 0.462 e.